The quantitative estimate of drug-likeness (QED) is 0.726. The van der Waals surface area contributed by atoms with Gasteiger partial charge in [0.15, 0.2) is 0 Å². The van der Waals surface area contributed by atoms with Crippen LogP contribution in [-0.4, -0.2) is 18.2 Å². The van der Waals surface area contributed by atoms with Gasteiger partial charge in [-0.2, -0.15) is 0 Å². The standard InChI is InChI=1S/C10H15NO/c1-8(2)11(3)9-6-4-5-7-10(9)12/h4-8,12H,1-3H3. The lowest BCUT2D eigenvalue weighted by Crippen LogP contribution is -2.25. The van der Waals surface area contributed by atoms with Crippen LogP contribution in [0, 0.1) is 0 Å². The zero-order valence-corrected chi connectivity index (χ0v) is 7.78. The van der Waals surface area contributed by atoms with Crippen LogP contribution in [0.15, 0.2) is 24.3 Å². The summed E-state index contributed by atoms with van der Waals surface area (Å²) in [5, 5.41) is 9.49. The van der Waals surface area contributed by atoms with E-state index in [9.17, 15) is 5.11 Å². The van der Waals surface area contributed by atoms with Crippen molar-refractivity contribution in [3.05, 3.63) is 24.3 Å². The first kappa shape index (κ1) is 8.91. The van der Waals surface area contributed by atoms with E-state index in [1.165, 1.54) is 0 Å². The summed E-state index contributed by atoms with van der Waals surface area (Å²) in [4.78, 5) is 2.04. The van der Waals surface area contributed by atoms with Gasteiger partial charge in [-0.05, 0) is 26.0 Å². The summed E-state index contributed by atoms with van der Waals surface area (Å²) in [6, 6.07) is 7.77. The zero-order chi connectivity index (χ0) is 9.14. The smallest absolute Gasteiger partial charge is 0.138 e. The van der Waals surface area contributed by atoms with Crippen molar-refractivity contribution in [3.63, 3.8) is 0 Å². The van der Waals surface area contributed by atoms with Crippen LogP contribution in [0.3, 0.4) is 0 Å². The van der Waals surface area contributed by atoms with Gasteiger partial charge in [0.05, 0.1) is 5.69 Å². The third-order valence-electron chi connectivity index (χ3n) is 2.04. The Morgan fingerprint density at radius 3 is 2.33 bits per heavy atom. The van der Waals surface area contributed by atoms with Gasteiger partial charge in [0.25, 0.3) is 0 Å². The molecule has 0 aliphatic carbocycles. The van der Waals surface area contributed by atoms with Crippen molar-refractivity contribution in [2.45, 2.75) is 19.9 Å². The number of para-hydroxylation sites is 2. The number of rotatable bonds is 2. The lowest BCUT2D eigenvalue weighted by molar-refractivity contribution is 0.473. The van der Waals surface area contributed by atoms with Crippen molar-refractivity contribution in [2.24, 2.45) is 0 Å². The molecule has 0 aromatic heterocycles. The number of phenols is 1. The molecule has 1 rings (SSSR count). The van der Waals surface area contributed by atoms with Gasteiger partial charge < -0.3 is 10.0 Å². The van der Waals surface area contributed by atoms with E-state index in [0.717, 1.165) is 5.69 Å². The Labute approximate surface area is 73.4 Å². The molecule has 2 heteroatoms. The molecule has 0 bridgehead atoms. The van der Waals surface area contributed by atoms with E-state index in [1.54, 1.807) is 6.07 Å². The molecule has 1 aromatic rings. The molecule has 0 radical (unpaired) electrons. The fourth-order valence-electron chi connectivity index (χ4n) is 1.04. The Hall–Kier alpha value is -1.18. The van der Waals surface area contributed by atoms with Crippen LogP contribution in [0.4, 0.5) is 5.69 Å². The van der Waals surface area contributed by atoms with E-state index < -0.39 is 0 Å². The molecule has 0 aliphatic heterocycles. The summed E-state index contributed by atoms with van der Waals surface area (Å²) in [5.41, 5.74) is 0.882. The summed E-state index contributed by atoms with van der Waals surface area (Å²) in [6.07, 6.45) is 0. The first-order valence-corrected chi connectivity index (χ1v) is 4.13. The molecular weight excluding hydrogens is 150 g/mol. The molecule has 0 saturated heterocycles. The SMILES string of the molecule is CC(C)N(C)c1ccccc1O. The average molecular weight is 165 g/mol. The summed E-state index contributed by atoms with van der Waals surface area (Å²) >= 11 is 0. The van der Waals surface area contributed by atoms with Gasteiger partial charge in [-0.15, -0.1) is 0 Å². The maximum Gasteiger partial charge on any atom is 0.138 e. The Morgan fingerprint density at radius 2 is 1.83 bits per heavy atom. The third kappa shape index (κ3) is 1.70. The molecule has 0 unspecified atom stereocenters. The summed E-state index contributed by atoms with van der Waals surface area (Å²) in [7, 11) is 1.97. The van der Waals surface area contributed by atoms with Crippen LogP contribution in [0.5, 0.6) is 5.75 Å². The number of anilines is 1. The van der Waals surface area contributed by atoms with Crippen LogP contribution in [-0.2, 0) is 0 Å². The van der Waals surface area contributed by atoms with Crippen LogP contribution >= 0.6 is 0 Å². The summed E-state index contributed by atoms with van der Waals surface area (Å²) in [5.74, 6) is 0.341. The van der Waals surface area contributed by atoms with Crippen LogP contribution in [0.1, 0.15) is 13.8 Å². The molecule has 0 fully saturated rings. The summed E-state index contributed by atoms with van der Waals surface area (Å²) in [6.45, 7) is 4.18. The molecule has 0 amide bonds. The predicted molar refractivity (Wildman–Crippen MR) is 51.6 cm³/mol. The highest BCUT2D eigenvalue weighted by Crippen LogP contribution is 2.26. The van der Waals surface area contributed by atoms with Crippen LogP contribution in [0.25, 0.3) is 0 Å². The second-order valence-corrected chi connectivity index (χ2v) is 3.19. The van der Waals surface area contributed by atoms with Gasteiger partial charge in [-0.1, -0.05) is 12.1 Å². The van der Waals surface area contributed by atoms with E-state index in [4.69, 9.17) is 0 Å². The first-order chi connectivity index (χ1) is 5.63. The van der Waals surface area contributed by atoms with E-state index in [0.29, 0.717) is 11.8 Å². The molecule has 0 heterocycles. The van der Waals surface area contributed by atoms with Gasteiger partial charge >= 0.3 is 0 Å². The lowest BCUT2D eigenvalue weighted by atomic mass is 10.2. The Balaban J connectivity index is 2.94. The van der Waals surface area contributed by atoms with Gasteiger partial charge in [0.2, 0.25) is 0 Å². The van der Waals surface area contributed by atoms with E-state index in [-0.39, 0.29) is 0 Å². The van der Waals surface area contributed by atoms with E-state index in [1.807, 2.05) is 30.1 Å². The topological polar surface area (TPSA) is 23.5 Å². The summed E-state index contributed by atoms with van der Waals surface area (Å²) < 4.78 is 0. The van der Waals surface area contributed by atoms with Crippen molar-refractivity contribution in [1.29, 1.82) is 0 Å². The molecule has 1 N–H and O–H groups in total. The highest BCUT2D eigenvalue weighted by Gasteiger charge is 2.07. The molecule has 1 aromatic carbocycles. The van der Waals surface area contributed by atoms with Crippen LogP contribution < -0.4 is 4.90 Å². The molecular formula is C10H15NO. The molecule has 0 spiro atoms. The van der Waals surface area contributed by atoms with Crippen molar-refractivity contribution in [1.82, 2.24) is 0 Å². The minimum absolute atomic E-state index is 0.341. The fraction of sp³-hybridized carbons (Fsp3) is 0.400. The Morgan fingerprint density at radius 1 is 1.25 bits per heavy atom. The maximum atomic E-state index is 9.49. The minimum atomic E-state index is 0.341. The van der Waals surface area contributed by atoms with E-state index in [2.05, 4.69) is 13.8 Å². The third-order valence-corrected chi connectivity index (χ3v) is 2.04. The van der Waals surface area contributed by atoms with Gasteiger partial charge in [-0.3, -0.25) is 0 Å². The Bertz CT molecular complexity index is 258. The first-order valence-electron chi connectivity index (χ1n) is 4.13. The predicted octanol–water partition coefficient (Wildman–Crippen LogP) is 2.24. The maximum absolute atomic E-state index is 9.49. The normalized spacial score (nSPS) is 10.3. The van der Waals surface area contributed by atoms with E-state index >= 15 is 0 Å². The monoisotopic (exact) mass is 165 g/mol. The molecule has 12 heavy (non-hydrogen) atoms. The van der Waals surface area contributed by atoms with Crippen LogP contribution in [0.2, 0.25) is 0 Å². The second-order valence-electron chi connectivity index (χ2n) is 3.19. The van der Waals surface area contributed by atoms with Gasteiger partial charge in [-0.25, -0.2) is 0 Å². The fourth-order valence-corrected chi connectivity index (χ4v) is 1.04. The highest BCUT2D eigenvalue weighted by atomic mass is 16.3. The average Bonchev–Trinajstić information content (AvgIpc) is 2.04. The molecule has 0 atom stereocenters. The zero-order valence-electron chi connectivity index (χ0n) is 7.78. The minimum Gasteiger partial charge on any atom is -0.506 e. The highest BCUT2D eigenvalue weighted by molar-refractivity contribution is 5.57. The Kier molecular flexibility index (Phi) is 2.58. The number of hydrogen-bond donors (Lipinski definition) is 1. The molecule has 0 aliphatic rings. The van der Waals surface area contributed by atoms with Gasteiger partial charge in [0, 0.05) is 13.1 Å². The second kappa shape index (κ2) is 3.48. The number of hydrogen-bond acceptors (Lipinski definition) is 2. The largest absolute Gasteiger partial charge is 0.506 e. The van der Waals surface area contributed by atoms with Crippen molar-refractivity contribution < 1.29 is 5.11 Å². The van der Waals surface area contributed by atoms with Gasteiger partial charge in [0.1, 0.15) is 5.75 Å². The lowest BCUT2D eigenvalue weighted by Gasteiger charge is -2.24. The number of nitrogens with zero attached hydrogens (tertiary/aromatic N) is 1. The van der Waals surface area contributed by atoms with Crippen molar-refractivity contribution in [3.8, 4) is 5.75 Å². The number of aromatic hydroxyl groups is 1. The number of phenolic OH excluding ortho intramolecular Hbond substituents is 1. The molecule has 0 saturated carbocycles. The molecule has 66 valence electrons. The van der Waals surface area contributed by atoms with Crippen molar-refractivity contribution >= 4 is 5.69 Å². The number of benzene rings is 1. The molecule has 2 nitrogen and oxygen atoms in total. The van der Waals surface area contributed by atoms with Crippen molar-refractivity contribution in [2.75, 3.05) is 11.9 Å².